The molecule has 0 fully saturated rings. The molecule has 4 aromatic carbocycles. The van der Waals surface area contributed by atoms with E-state index in [1.165, 1.54) is 50.5 Å². The van der Waals surface area contributed by atoms with Gasteiger partial charge in [0, 0.05) is 5.56 Å². The van der Waals surface area contributed by atoms with Gasteiger partial charge in [0.05, 0.1) is 5.38 Å². The summed E-state index contributed by atoms with van der Waals surface area (Å²) in [4.78, 5) is 0. The molecule has 0 N–H and O–H groups in total. The van der Waals surface area contributed by atoms with Gasteiger partial charge in [-0.1, -0.05) is 118 Å². The monoisotopic (exact) mass is 542 g/mol. The van der Waals surface area contributed by atoms with E-state index >= 15 is 4.39 Å². The van der Waals surface area contributed by atoms with Crippen LogP contribution in [-0.2, 0) is 6.42 Å². The fourth-order valence-electron chi connectivity index (χ4n) is 4.88. The zero-order valence-electron chi connectivity index (χ0n) is 23.3. The lowest BCUT2D eigenvalue weighted by atomic mass is 9.96. The van der Waals surface area contributed by atoms with Gasteiger partial charge in [-0.25, -0.2) is 4.39 Å². The molecule has 0 aliphatic heterocycles. The summed E-state index contributed by atoms with van der Waals surface area (Å²) in [6.07, 6.45) is 10.4. The molecular formula is C36H40ClFO. The lowest BCUT2D eigenvalue weighted by Gasteiger charge is -2.10. The highest BCUT2D eigenvalue weighted by Crippen LogP contribution is 2.31. The van der Waals surface area contributed by atoms with Gasteiger partial charge in [0.15, 0.2) is 0 Å². The Kier molecular flexibility index (Phi) is 11.0. The maximum atomic E-state index is 15.2. The number of ether oxygens (including phenoxy) is 1. The summed E-state index contributed by atoms with van der Waals surface area (Å²) in [5.41, 5.74) is 6.94. The average Bonchev–Trinajstić information content (AvgIpc) is 2.96. The van der Waals surface area contributed by atoms with Gasteiger partial charge in [0.1, 0.15) is 18.2 Å². The molecule has 0 heterocycles. The topological polar surface area (TPSA) is 9.23 Å². The SMILES string of the molecule is CCCCCCCCCc1ccc(-c2ccc(-c3ccc(-c4ccc(OCC(C)Cl)cc4)cc3)c(F)c2)cc1. The van der Waals surface area contributed by atoms with E-state index in [2.05, 4.69) is 31.2 Å². The van der Waals surface area contributed by atoms with Crippen LogP contribution in [0.1, 0.15) is 64.4 Å². The van der Waals surface area contributed by atoms with Crippen molar-refractivity contribution in [3.8, 4) is 39.1 Å². The van der Waals surface area contributed by atoms with Crippen LogP contribution in [0, 0.1) is 5.82 Å². The summed E-state index contributed by atoms with van der Waals surface area (Å²) in [6, 6.07) is 30.1. The summed E-state index contributed by atoms with van der Waals surface area (Å²) < 4.78 is 20.8. The second-order valence-electron chi connectivity index (χ2n) is 10.5. The molecule has 3 heteroatoms. The molecule has 0 aromatic heterocycles. The van der Waals surface area contributed by atoms with Gasteiger partial charge < -0.3 is 4.74 Å². The predicted octanol–water partition coefficient (Wildman–Crippen LogP) is 11.1. The van der Waals surface area contributed by atoms with E-state index in [1.807, 2.05) is 67.6 Å². The van der Waals surface area contributed by atoms with E-state index in [9.17, 15) is 0 Å². The zero-order chi connectivity index (χ0) is 27.5. The molecule has 0 saturated carbocycles. The molecule has 1 unspecified atom stereocenters. The van der Waals surface area contributed by atoms with Gasteiger partial charge >= 0.3 is 0 Å². The van der Waals surface area contributed by atoms with Crippen molar-refractivity contribution in [2.45, 2.75) is 70.6 Å². The van der Waals surface area contributed by atoms with Gasteiger partial charge in [-0.15, -0.1) is 11.6 Å². The molecule has 0 aliphatic rings. The van der Waals surface area contributed by atoms with Crippen molar-refractivity contribution < 1.29 is 9.13 Å². The minimum atomic E-state index is -0.206. The molecular weight excluding hydrogens is 503 g/mol. The van der Waals surface area contributed by atoms with Crippen LogP contribution in [0.25, 0.3) is 33.4 Å². The van der Waals surface area contributed by atoms with Crippen LogP contribution in [0.3, 0.4) is 0 Å². The van der Waals surface area contributed by atoms with Crippen molar-refractivity contribution in [3.63, 3.8) is 0 Å². The molecule has 1 atom stereocenters. The van der Waals surface area contributed by atoms with Crippen molar-refractivity contribution in [3.05, 3.63) is 102 Å². The number of halogens is 2. The summed E-state index contributed by atoms with van der Waals surface area (Å²) in [5.74, 6) is 0.593. The average molecular weight is 543 g/mol. The summed E-state index contributed by atoms with van der Waals surface area (Å²) in [6.45, 7) is 4.64. The molecule has 4 rings (SSSR count). The molecule has 0 radical (unpaired) electrons. The Labute approximate surface area is 239 Å². The first-order valence-electron chi connectivity index (χ1n) is 14.4. The number of alkyl halides is 1. The molecule has 1 nitrogen and oxygen atoms in total. The summed E-state index contributed by atoms with van der Waals surface area (Å²) >= 11 is 5.96. The number of hydrogen-bond donors (Lipinski definition) is 0. The quantitative estimate of drug-likeness (QED) is 0.114. The molecule has 4 aromatic rings. The van der Waals surface area contributed by atoms with Gasteiger partial charge in [-0.3, -0.25) is 0 Å². The Balaban J connectivity index is 1.34. The maximum absolute atomic E-state index is 15.2. The fraction of sp³-hybridized carbons (Fsp3) is 0.333. The normalized spacial score (nSPS) is 11.9. The summed E-state index contributed by atoms with van der Waals surface area (Å²) in [5, 5.41) is -0.0308. The van der Waals surface area contributed by atoms with Crippen LogP contribution in [0.5, 0.6) is 5.75 Å². The van der Waals surface area contributed by atoms with Crippen molar-refractivity contribution in [2.24, 2.45) is 0 Å². The van der Waals surface area contributed by atoms with E-state index < -0.39 is 0 Å². The number of unbranched alkanes of at least 4 members (excludes halogenated alkanes) is 6. The lowest BCUT2D eigenvalue weighted by molar-refractivity contribution is 0.320. The molecule has 0 spiro atoms. The van der Waals surface area contributed by atoms with Crippen LogP contribution in [0.2, 0.25) is 0 Å². The first-order valence-corrected chi connectivity index (χ1v) is 14.8. The fourth-order valence-corrected chi connectivity index (χ4v) is 4.94. The largest absolute Gasteiger partial charge is 0.492 e. The summed E-state index contributed by atoms with van der Waals surface area (Å²) in [7, 11) is 0. The predicted molar refractivity (Wildman–Crippen MR) is 165 cm³/mol. The number of aryl methyl sites for hydroxylation is 1. The second kappa shape index (κ2) is 14.9. The van der Waals surface area contributed by atoms with Crippen LogP contribution >= 0.6 is 11.6 Å². The Bertz CT molecular complexity index is 1280. The lowest BCUT2D eigenvalue weighted by Crippen LogP contribution is -2.06. The Hall–Kier alpha value is -3.10. The van der Waals surface area contributed by atoms with Crippen LogP contribution in [0.4, 0.5) is 4.39 Å². The number of benzene rings is 4. The first-order chi connectivity index (χ1) is 19.0. The van der Waals surface area contributed by atoms with Crippen molar-refractivity contribution in [1.82, 2.24) is 0 Å². The minimum absolute atomic E-state index is 0.0308. The molecule has 0 bridgehead atoms. The smallest absolute Gasteiger partial charge is 0.131 e. The molecule has 0 amide bonds. The third kappa shape index (κ3) is 8.70. The Morgan fingerprint density at radius 3 is 1.77 bits per heavy atom. The highest BCUT2D eigenvalue weighted by atomic mass is 35.5. The zero-order valence-corrected chi connectivity index (χ0v) is 24.0. The van der Waals surface area contributed by atoms with Crippen molar-refractivity contribution in [2.75, 3.05) is 6.61 Å². The van der Waals surface area contributed by atoms with Crippen molar-refractivity contribution >= 4 is 11.6 Å². The van der Waals surface area contributed by atoms with Crippen LogP contribution in [-0.4, -0.2) is 12.0 Å². The van der Waals surface area contributed by atoms with E-state index in [4.69, 9.17) is 16.3 Å². The van der Waals surface area contributed by atoms with E-state index in [-0.39, 0.29) is 11.2 Å². The van der Waals surface area contributed by atoms with Gasteiger partial charge in [0.25, 0.3) is 0 Å². The minimum Gasteiger partial charge on any atom is -0.492 e. The number of hydrogen-bond acceptors (Lipinski definition) is 1. The van der Waals surface area contributed by atoms with Gasteiger partial charge in [0.2, 0.25) is 0 Å². The molecule has 0 aliphatic carbocycles. The van der Waals surface area contributed by atoms with Gasteiger partial charge in [-0.05, 0) is 71.3 Å². The standard InChI is InChI=1S/C36H40ClFO/c1-3-4-5-6-7-8-9-10-28-11-13-31(14-12-28)33-21-24-35(36(38)25-33)32-17-15-29(16-18-32)30-19-22-34(23-20-30)39-26-27(2)37/h11-25,27H,3-10,26H2,1-2H3. The van der Waals surface area contributed by atoms with E-state index in [0.29, 0.717) is 12.2 Å². The van der Waals surface area contributed by atoms with Crippen molar-refractivity contribution in [1.29, 1.82) is 0 Å². The highest BCUT2D eigenvalue weighted by molar-refractivity contribution is 6.20. The van der Waals surface area contributed by atoms with Crippen LogP contribution in [0.15, 0.2) is 91.0 Å². The second-order valence-corrected chi connectivity index (χ2v) is 11.2. The van der Waals surface area contributed by atoms with Gasteiger partial charge in [-0.2, -0.15) is 0 Å². The molecule has 0 saturated heterocycles. The molecule has 204 valence electrons. The number of rotatable bonds is 14. The van der Waals surface area contributed by atoms with Crippen LogP contribution < -0.4 is 4.74 Å². The third-order valence-electron chi connectivity index (χ3n) is 7.19. The maximum Gasteiger partial charge on any atom is 0.131 e. The first kappa shape index (κ1) is 28.9. The highest BCUT2D eigenvalue weighted by Gasteiger charge is 2.09. The molecule has 39 heavy (non-hydrogen) atoms. The van der Waals surface area contributed by atoms with E-state index in [0.717, 1.165) is 40.0 Å². The third-order valence-corrected chi connectivity index (χ3v) is 7.31. The Morgan fingerprint density at radius 1 is 0.641 bits per heavy atom. The Morgan fingerprint density at radius 2 is 1.15 bits per heavy atom. The van der Waals surface area contributed by atoms with E-state index in [1.54, 1.807) is 6.07 Å².